The molecule has 5 rings (SSSR count). The summed E-state index contributed by atoms with van der Waals surface area (Å²) < 4.78 is 16.7. The molecule has 3 aromatic rings. The molecule has 8 nitrogen and oxygen atoms in total. The van der Waals surface area contributed by atoms with Crippen molar-refractivity contribution in [2.24, 2.45) is 0 Å². The van der Waals surface area contributed by atoms with Crippen LogP contribution in [0.5, 0.6) is 17.2 Å². The Labute approximate surface area is 214 Å². The molecule has 0 fully saturated rings. The van der Waals surface area contributed by atoms with Crippen molar-refractivity contribution in [3.05, 3.63) is 88.0 Å². The minimum Gasteiger partial charge on any atom is -0.493 e. The minimum atomic E-state index is -2.23. The van der Waals surface area contributed by atoms with E-state index in [0.29, 0.717) is 11.3 Å². The lowest BCUT2D eigenvalue weighted by Crippen LogP contribution is -2.61. The van der Waals surface area contributed by atoms with Crippen LogP contribution >= 0.6 is 0 Å². The second-order valence-electron chi connectivity index (χ2n) is 9.59. The first kappa shape index (κ1) is 24.5. The van der Waals surface area contributed by atoms with Crippen LogP contribution in [0.25, 0.3) is 0 Å². The lowest BCUT2D eigenvalue weighted by Gasteiger charge is -2.34. The molecule has 0 bridgehead atoms. The quantitative estimate of drug-likeness (QED) is 0.391. The molecule has 1 heterocycles. The van der Waals surface area contributed by atoms with Gasteiger partial charge in [0.2, 0.25) is 17.1 Å². The van der Waals surface area contributed by atoms with Crippen LogP contribution in [0.2, 0.25) is 0 Å². The van der Waals surface area contributed by atoms with Gasteiger partial charge in [0.05, 0.1) is 14.2 Å². The highest BCUT2D eigenvalue weighted by Gasteiger charge is 2.71. The molecule has 0 aromatic heterocycles. The van der Waals surface area contributed by atoms with Crippen LogP contribution in [0.4, 0.5) is 0 Å². The molecule has 2 N–H and O–H groups in total. The van der Waals surface area contributed by atoms with Gasteiger partial charge in [-0.25, -0.2) is 0 Å². The Balaban J connectivity index is 1.62. The number of rotatable bonds is 6. The van der Waals surface area contributed by atoms with Gasteiger partial charge in [-0.3, -0.25) is 14.4 Å². The number of aryl methyl sites for hydroxylation is 1. The monoisotopic (exact) mass is 501 g/mol. The summed E-state index contributed by atoms with van der Waals surface area (Å²) >= 11 is 0. The number of amides is 1. The minimum absolute atomic E-state index is 0.0462. The Bertz CT molecular complexity index is 1480. The van der Waals surface area contributed by atoms with E-state index in [9.17, 15) is 19.5 Å². The van der Waals surface area contributed by atoms with Crippen LogP contribution in [-0.2, 0) is 16.1 Å². The normalized spacial score (nSPS) is 21.1. The van der Waals surface area contributed by atoms with Gasteiger partial charge in [0, 0.05) is 22.3 Å². The van der Waals surface area contributed by atoms with Crippen molar-refractivity contribution in [3.8, 4) is 17.2 Å². The SMILES string of the molecule is COc1cc(C(=O)C(=O)NC23C(=O)c4ccccc4C2(O)Oc2cc(C(C)C)ccc23)cc(C)c1OC. The number of benzene rings is 3. The fourth-order valence-corrected chi connectivity index (χ4v) is 5.28. The highest BCUT2D eigenvalue weighted by Crippen LogP contribution is 2.58. The number of nitrogens with one attached hydrogen (secondary N) is 1. The topological polar surface area (TPSA) is 111 Å². The van der Waals surface area contributed by atoms with E-state index in [1.165, 1.54) is 26.4 Å². The third-order valence-corrected chi connectivity index (χ3v) is 7.15. The van der Waals surface area contributed by atoms with Gasteiger partial charge in [0.25, 0.3) is 11.7 Å². The first-order valence-electron chi connectivity index (χ1n) is 11.9. The van der Waals surface area contributed by atoms with Crippen molar-refractivity contribution in [3.63, 3.8) is 0 Å². The molecule has 0 saturated heterocycles. The molecular weight excluding hydrogens is 474 g/mol. The second kappa shape index (κ2) is 8.45. The maximum Gasteiger partial charge on any atom is 0.293 e. The van der Waals surface area contributed by atoms with Crippen molar-refractivity contribution in [1.29, 1.82) is 0 Å². The van der Waals surface area contributed by atoms with Gasteiger partial charge in [0.1, 0.15) is 5.75 Å². The van der Waals surface area contributed by atoms with Gasteiger partial charge in [-0.15, -0.1) is 0 Å². The predicted molar refractivity (Wildman–Crippen MR) is 134 cm³/mol. The van der Waals surface area contributed by atoms with E-state index in [2.05, 4.69) is 5.32 Å². The Morgan fingerprint density at radius 2 is 1.73 bits per heavy atom. The lowest BCUT2D eigenvalue weighted by atomic mass is 9.82. The van der Waals surface area contributed by atoms with Gasteiger partial charge >= 0.3 is 0 Å². The van der Waals surface area contributed by atoms with Gasteiger partial charge in [-0.1, -0.05) is 50.2 Å². The maximum atomic E-state index is 13.9. The predicted octanol–water partition coefficient (Wildman–Crippen LogP) is 3.76. The number of ketones is 2. The van der Waals surface area contributed by atoms with Crippen LogP contribution < -0.4 is 19.5 Å². The summed E-state index contributed by atoms with van der Waals surface area (Å²) in [6, 6.07) is 14.6. The van der Waals surface area contributed by atoms with Crippen molar-refractivity contribution in [1.82, 2.24) is 5.32 Å². The molecule has 0 saturated carbocycles. The fraction of sp³-hybridized carbons (Fsp3) is 0.276. The number of carbonyl (C=O) groups excluding carboxylic acids is 3. The molecule has 3 aromatic carbocycles. The van der Waals surface area contributed by atoms with E-state index in [4.69, 9.17) is 14.2 Å². The third-order valence-electron chi connectivity index (χ3n) is 7.15. The summed E-state index contributed by atoms with van der Waals surface area (Å²) in [6.45, 7) is 5.74. The molecule has 8 heteroatoms. The smallest absolute Gasteiger partial charge is 0.293 e. The Kier molecular flexibility index (Phi) is 5.60. The average molecular weight is 502 g/mol. The first-order chi connectivity index (χ1) is 17.6. The molecule has 190 valence electrons. The Hall–Kier alpha value is -4.17. The highest BCUT2D eigenvalue weighted by molar-refractivity contribution is 6.43. The molecule has 2 unspecified atom stereocenters. The van der Waals surface area contributed by atoms with Crippen molar-refractivity contribution >= 4 is 17.5 Å². The Morgan fingerprint density at radius 3 is 2.41 bits per heavy atom. The van der Waals surface area contributed by atoms with Gasteiger partial charge < -0.3 is 24.6 Å². The van der Waals surface area contributed by atoms with E-state index in [-0.39, 0.29) is 39.7 Å². The molecule has 0 radical (unpaired) electrons. The number of aliphatic hydroxyl groups is 1. The lowest BCUT2D eigenvalue weighted by molar-refractivity contribution is -0.174. The zero-order valence-corrected chi connectivity index (χ0v) is 21.2. The number of methoxy groups -OCH3 is 2. The largest absolute Gasteiger partial charge is 0.493 e. The van der Waals surface area contributed by atoms with Gasteiger partial charge in [-0.2, -0.15) is 0 Å². The summed E-state index contributed by atoms with van der Waals surface area (Å²) in [5, 5.41) is 14.5. The standard InChI is InChI=1S/C29H27NO7/c1-15(2)17-10-11-21-22(13-17)37-29(34)20-9-7-6-8-19(20)26(32)28(21,29)30-27(33)24(31)18-12-16(3)25(36-5)23(14-18)35-4/h6-15,34H,1-5H3,(H,30,33). The summed E-state index contributed by atoms with van der Waals surface area (Å²) in [5.74, 6) is -3.62. The van der Waals surface area contributed by atoms with Crippen LogP contribution in [0.15, 0.2) is 54.6 Å². The molecule has 1 aliphatic heterocycles. The molecule has 1 amide bonds. The van der Waals surface area contributed by atoms with E-state index in [1.807, 2.05) is 19.9 Å². The van der Waals surface area contributed by atoms with Crippen LogP contribution in [-0.4, -0.2) is 36.8 Å². The highest BCUT2D eigenvalue weighted by atomic mass is 16.6. The second-order valence-corrected chi connectivity index (χ2v) is 9.59. The number of hydrogen-bond acceptors (Lipinski definition) is 7. The van der Waals surface area contributed by atoms with Crippen LogP contribution in [0, 0.1) is 6.92 Å². The molecular formula is C29H27NO7. The summed E-state index contributed by atoms with van der Waals surface area (Å²) in [4.78, 5) is 40.7. The van der Waals surface area contributed by atoms with Crippen molar-refractivity contribution in [2.45, 2.75) is 38.0 Å². The number of Topliss-reactive ketones (excluding diaryl/α,β-unsaturated/α-hetero) is 2. The molecule has 2 atom stereocenters. The molecule has 1 aliphatic carbocycles. The zero-order chi connectivity index (χ0) is 26.7. The first-order valence-corrected chi connectivity index (χ1v) is 11.9. The average Bonchev–Trinajstić information content (AvgIpc) is 3.24. The molecule has 37 heavy (non-hydrogen) atoms. The third kappa shape index (κ3) is 3.29. The van der Waals surface area contributed by atoms with E-state index in [1.54, 1.807) is 43.3 Å². The Morgan fingerprint density at radius 1 is 1.00 bits per heavy atom. The van der Waals surface area contributed by atoms with E-state index >= 15 is 0 Å². The maximum absolute atomic E-state index is 13.9. The summed E-state index contributed by atoms with van der Waals surface area (Å²) in [6.07, 6.45) is 0. The van der Waals surface area contributed by atoms with Gasteiger partial charge in [0.15, 0.2) is 11.5 Å². The van der Waals surface area contributed by atoms with Crippen molar-refractivity contribution < 1.29 is 33.7 Å². The van der Waals surface area contributed by atoms with Gasteiger partial charge in [-0.05, 0) is 42.2 Å². The van der Waals surface area contributed by atoms with Crippen LogP contribution in [0.1, 0.15) is 62.7 Å². The van der Waals surface area contributed by atoms with E-state index < -0.39 is 28.8 Å². The number of ether oxygens (including phenoxy) is 3. The fourth-order valence-electron chi connectivity index (χ4n) is 5.28. The zero-order valence-electron chi connectivity index (χ0n) is 21.2. The number of carbonyl (C=O) groups is 3. The summed E-state index contributed by atoms with van der Waals surface area (Å²) in [5.41, 5.74) is 0.236. The number of fused-ring (bicyclic) bond motifs is 5. The molecule has 0 spiro atoms. The van der Waals surface area contributed by atoms with Crippen LogP contribution in [0.3, 0.4) is 0 Å². The number of hydrogen-bond donors (Lipinski definition) is 2. The van der Waals surface area contributed by atoms with E-state index in [0.717, 1.165) is 5.56 Å². The van der Waals surface area contributed by atoms with Crippen molar-refractivity contribution in [2.75, 3.05) is 14.2 Å². The summed E-state index contributed by atoms with van der Waals surface area (Å²) in [7, 11) is 2.90. The molecule has 2 aliphatic rings.